The van der Waals surface area contributed by atoms with Crippen LogP contribution in [-0.2, 0) is 9.59 Å². The van der Waals surface area contributed by atoms with Crippen molar-refractivity contribution in [1.82, 2.24) is 30.6 Å². The van der Waals surface area contributed by atoms with Crippen molar-refractivity contribution in [2.24, 2.45) is 5.41 Å². The summed E-state index contributed by atoms with van der Waals surface area (Å²) in [6.45, 7) is 5.32. The number of nitrogens with zero attached hydrogens (tertiary/aromatic N) is 7. The molecular formula is C43H46ClN9O6. The highest BCUT2D eigenvalue weighted by Gasteiger charge is 2.49. The van der Waals surface area contributed by atoms with Crippen molar-refractivity contribution in [1.29, 1.82) is 5.26 Å². The molecule has 306 valence electrons. The monoisotopic (exact) mass is 819 g/mol. The van der Waals surface area contributed by atoms with Crippen LogP contribution in [0.1, 0.15) is 101 Å². The van der Waals surface area contributed by atoms with Gasteiger partial charge in [-0.3, -0.25) is 39.1 Å². The standard InChI is InChI=1S/C43H46ClN9O6/c44-34-22-31(5-1-26(34)25-45)59-30-6-2-27(3-7-30)46-39(55)35-9-11-37(49-48-35)52-19-17-51(18-20-52)29-23-43(24-29)13-15-50(16-14-43)28-4-8-32-33(21-28)42(58)53(41(32)57)36-10-12-38(54)47-40(36)56/h1,4-5,8-9,11,21-22,27,29-30,36H,2-3,6-7,10,12-20,23-24H2,(H,46,55)(H,47,54,56)/t27-,30-,36?. The van der Waals surface area contributed by atoms with E-state index in [-0.39, 0.29) is 36.8 Å². The summed E-state index contributed by atoms with van der Waals surface area (Å²) in [4.78, 5) is 71.8. The number of benzene rings is 2. The van der Waals surface area contributed by atoms with Gasteiger partial charge >= 0.3 is 0 Å². The Morgan fingerprint density at radius 3 is 2.27 bits per heavy atom. The molecule has 1 atom stereocenters. The summed E-state index contributed by atoms with van der Waals surface area (Å²) in [5.74, 6) is -0.758. The molecule has 5 amide bonds. The second-order valence-electron chi connectivity index (χ2n) is 16.8. The molecule has 3 aromatic rings. The predicted molar refractivity (Wildman–Crippen MR) is 216 cm³/mol. The van der Waals surface area contributed by atoms with E-state index in [4.69, 9.17) is 21.6 Å². The molecule has 16 heteroatoms. The van der Waals surface area contributed by atoms with Gasteiger partial charge in [-0.15, -0.1) is 10.2 Å². The fraction of sp³-hybridized carbons (Fsp3) is 0.488. The van der Waals surface area contributed by atoms with E-state index >= 15 is 0 Å². The third-order valence-electron chi connectivity index (χ3n) is 13.4. The van der Waals surface area contributed by atoms with Gasteiger partial charge in [0.1, 0.15) is 17.9 Å². The number of halogens is 1. The van der Waals surface area contributed by atoms with Gasteiger partial charge in [0.15, 0.2) is 11.5 Å². The number of hydrogen-bond acceptors (Lipinski definition) is 12. The number of fused-ring (bicyclic) bond motifs is 1. The van der Waals surface area contributed by atoms with Crippen LogP contribution >= 0.6 is 11.6 Å². The van der Waals surface area contributed by atoms with Gasteiger partial charge in [0.2, 0.25) is 11.8 Å². The molecule has 6 aliphatic rings. The van der Waals surface area contributed by atoms with E-state index in [1.54, 1.807) is 36.4 Å². The van der Waals surface area contributed by atoms with Crippen molar-refractivity contribution in [2.75, 3.05) is 49.1 Å². The highest BCUT2D eigenvalue weighted by atomic mass is 35.5. The van der Waals surface area contributed by atoms with E-state index in [1.165, 1.54) is 12.8 Å². The van der Waals surface area contributed by atoms with Gasteiger partial charge in [0.05, 0.1) is 27.8 Å². The normalized spacial score (nSPS) is 24.7. The quantitative estimate of drug-likeness (QED) is 0.311. The Labute approximate surface area is 347 Å². The molecule has 5 heterocycles. The molecule has 5 fully saturated rings. The van der Waals surface area contributed by atoms with Crippen molar-refractivity contribution in [3.63, 3.8) is 0 Å². The number of rotatable bonds is 8. The van der Waals surface area contributed by atoms with Gasteiger partial charge < -0.3 is 19.9 Å². The third kappa shape index (κ3) is 7.71. The number of piperazine rings is 1. The average molecular weight is 820 g/mol. The Bertz CT molecular complexity index is 2210. The first-order valence-corrected chi connectivity index (χ1v) is 21.0. The van der Waals surface area contributed by atoms with Crippen LogP contribution in [0.2, 0.25) is 5.02 Å². The molecule has 0 radical (unpaired) electrons. The fourth-order valence-corrected chi connectivity index (χ4v) is 10.1. The number of nitriles is 1. The SMILES string of the molecule is N#Cc1ccc(O[C@H]2CC[C@H](NC(=O)c3ccc(N4CCN(C5CC6(CCN(c7ccc8c(c7)C(=O)N(C7CCC(=O)NC7=O)C8=O)CC6)C5)CC4)nn3)CC2)cc1Cl. The molecule has 2 aromatic carbocycles. The maximum atomic E-state index is 13.4. The fourth-order valence-electron chi connectivity index (χ4n) is 9.87. The number of imide groups is 2. The van der Waals surface area contributed by atoms with E-state index in [1.807, 2.05) is 12.1 Å². The summed E-state index contributed by atoms with van der Waals surface area (Å²) in [7, 11) is 0. The van der Waals surface area contributed by atoms with Crippen molar-refractivity contribution < 1.29 is 28.7 Å². The summed E-state index contributed by atoms with van der Waals surface area (Å²) >= 11 is 6.15. The first-order chi connectivity index (χ1) is 28.6. The minimum atomic E-state index is -0.970. The van der Waals surface area contributed by atoms with Crippen LogP contribution in [0.5, 0.6) is 5.75 Å². The Hall–Kier alpha value is -5.59. The molecule has 4 aliphatic heterocycles. The minimum Gasteiger partial charge on any atom is -0.490 e. The zero-order chi connectivity index (χ0) is 40.8. The van der Waals surface area contributed by atoms with Crippen LogP contribution in [0, 0.1) is 16.7 Å². The smallest absolute Gasteiger partial charge is 0.272 e. The number of nitrogens with one attached hydrogen (secondary N) is 2. The summed E-state index contributed by atoms with van der Waals surface area (Å²) in [5.41, 5.74) is 2.57. The molecule has 2 saturated carbocycles. The summed E-state index contributed by atoms with van der Waals surface area (Å²) in [6.07, 6.45) is 7.89. The largest absolute Gasteiger partial charge is 0.490 e. The van der Waals surface area contributed by atoms with Crippen LogP contribution in [0.3, 0.4) is 0 Å². The lowest BCUT2D eigenvalue weighted by molar-refractivity contribution is -0.136. The third-order valence-corrected chi connectivity index (χ3v) is 13.7. The summed E-state index contributed by atoms with van der Waals surface area (Å²) in [6, 6.07) is 15.8. The molecule has 1 unspecified atom stereocenters. The number of ether oxygens (including phenoxy) is 1. The van der Waals surface area contributed by atoms with Crippen molar-refractivity contribution in [3.8, 4) is 11.8 Å². The van der Waals surface area contributed by atoms with Crippen molar-refractivity contribution >= 4 is 52.6 Å². The van der Waals surface area contributed by atoms with E-state index in [0.717, 1.165) is 94.2 Å². The van der Waals surface area contributed by atoms with E-state index in [0.29, 0.717) is 44.6 Å². The molecule has 15 nitrogen and oxygen atoms in total. The number of amides is 5. The summed E-state index contributed by atoms with van der Waals surface area (Å²) < 4.78 is 6.08. The van der Waals surface area contributed by atoms with E-state index in [2.05, 4.69) is 41.6 Å². The number of aromatic nitrogens is 2. The first kappa shape index (κ1) is 38.9. The maximum absolute atomic E-state index is 13.4. The van der Waals surface area contributed by atoms with Crippen LogP contribution in [-0.4, -0.2) is 113 Å². The zero-order valence-electron chi connectivity index (χ0n) is 32.7. The van der Waals surface area contributed by atoms with Crippen LogP contribution < -0.4 is 25.2 Å². The second kappa shape index (κ2) is 15.9. The van der Waals surface area contributed by atoms with E-state index in [9.17, 15) is 24.0 Å². The average Bonchev–Trinajstić information content (AvgIpc) is 3.48. The van der Waals surface area contributed by atoms with Gasteiger partial charge in [-0.1, -0.05) is 11.6 Å². The minimum absolute atomic E-state index is 0.0211. The highest BCUT2D eigenvalue weighted by Crippen LogP contribution is 2.51. The lowest BCUT2D eigenvalue weighted by Gasteiger charge is -2.56. The Balaban J connectivity index is 0.699. The molecule has 1 aromatic heterocycles. The lowest BCUT2D eigenvalue weighted by Crippen LogP contribution is -2.59. The van der Waals surface area contributed by atoms with Gasteiger partial charge in [0.25, 0.3) is 17.7 Å². The van der Waals surface area contributed by atoms with Gasteiger partial charge in [-0.05, 0) is 106 Å². The molecule has 9 rings (SSSR count). The highest BCUT2D eigenvalue weighted by molar-refractivity contribution is 6.31. The predicted octanol–water partition coefficient (Wildman–Crippen LogP) is 4.09. The maximum Gasteiger partial charge on any atom is 0.272 e. The Morgan fingerprint density at radius 2 is 1.59 bits per heavy atom. The molecule has 1 spiro atoms. The molecule has 0 bridgehead atoms. The van der Waals surface area contributed by atoms with E-state index < -0.39 is 23.8 Å². The lowest BCUT2D eigenvalue weighted by atomic mass is 9.60. The number of anilines is 2. The molecule has 2 N–H and O–H groups in total. The van der Waals surface area contributed by atoms with Crippen molar-refractivity contribution in [3.05, 3.63) is 75.9 Å². The zero-order valence-corrected chi connectivity index (χ0v) is 33.5. The molecule has 59 heavy (non-hydrogen) atoms. The molecular weight excluding hydrogens is 774 g/mol. The second-order valence-corrected chi connectivity index (χ2v) is 17.3. The number of carbonyl (C=O) groups excluding carboxylic acids is 5. The van der Waals surface area contributed by atoms with Crippen LogP contribution in [0.15, 0.2) is 48.5 Å². The summed E-state index contributed by atoms with van der Waals surface area (Å²) in [5, 5.41) is 23.6. The van der Waals surface area contributed by atoms with Gasteiger partial charge in [-0.2, -0.15) is 5.26 Å². The first-order valence-electron chi connectivity index (χ1n) is 20.7. The Morgan fingerprint density at radius 1 is 0.847 bits per heavy atom. The van der Waals surface area contributed by atoms with Crippen LogP contribution in [0.4, 0.5) is 11.5 Å². The van der Waals surface area contributed by atoms with Gasteiger partial charge in [0, 0.05) is 69.5 Å². The number of piperidine rings is 2. The number of carbonyl (C=O) groups is 5. The number of hydrogen-bond donors (Lipinski definition) is 2. The topological polar surface area (TPSA) is 181 Å². The molecule has 3 saturated heterocycles. The van der Waals surface area contributed by atoms with Crippen LogP contribution in [0.25, 0.3) is 0 Å². The molecule has 2 aliphatic carbocycles. The van der Waals surface area contributed by atoms with Gasteiger partial charge in [-0.25, -0.2) is 0 Å². The van der Waals surface area contributed by atoms with Crippen molar-refractivity contribution in [2.45, 2.75) is 88.4 Å². The Kier molecular flexibility index (Phi) is 10.5.